The molecule has 1 aromatic carbocycles. The van der Waals surface area contributed by atoms with Gasteiger partial charge in [0.15, 0.2) is 5.78 Å². The van der Waals surface area contributed by atoms with Crippen molar-refractivity contribution in [2.24, 2.45) is 0 Å². The van der Waals surface area contributed by atoms with Crippen LogP contribution in [0.3, 0.4) is 0 Å². The highest BCUT2D eigenvalue weighted by molar-refractivity contribution is 6.30. The van der Waals surface area contributed by atoms with E-state index in [1.165, 1.54) is 0 Å². The summed E-state index contributed by atoms with van der Waals surface area (Å²) in [6, 6.07) is 5.37. The van der Waals surface area contributed by atoms with Gasteiger partial charge in [-0.25, -0.2) is 0 Å². The molecule has 14 heavy (non-hydrogen) atoms. The standard InChI is InChI=1S/C11H13ClO2/c1-3-14-11-6-9(10(13)7-12)5-4-8(11)2/h4-6H,3,7H2,1-2H3. The van der Waals surface area contributed by atoms with Gasteiger partial charge in [0.05, 0.1) is 12.5 Å². The topological polar surface area (TPSA) is 26.3 Å². The minimum Gasteiger partial charge on any atom is -0.494 e. The molecule has 0 aliphatic heterocycles. The van der Waals surface area contributed by atoms with E-state index < -0.39 is 0 Å². The first-order chi connectivity index (χ1) is 6.69. The lowest BCUT2D eigenvalue weighted by atomic mass is 10.1. The summed E-state index contributed by atoms with van der Waals surface area (Å²) >= 11 is 5.47. The highest BCUT2D eigenvalue weighted by atomic mass is 35.5. The third-order valence-corrected chi connectivity index (χ3v) is 2.17. The van der Waals surface area contributed by atoms with E-state index in [1.807, 2.05) is 19.9 Å². The van der Waals surface area contributed by atoms with Gasteiger partial charge < -0.3 is 4.74 Å². The summed E-state index contributed by atoms with van der Waals surface area (Å²) in [6.45, 7) is 4.45. The maximum Gasteiger partial charge on any atom is 0.177 e. The van der Waals surface area contributed by atoms with E-state index in [9.17, 15) is 4.79 Å². The maximum absolute atomic E-state index is 11.3. The molecule has 0 aliphatic rings. The van der Waals surface area contributed by atoms with E-state index in [4.69, 9.17) is 16.3 Å². The Morgan fingerprint density at radius 2 is 2.21 bits per heavy atom. The SMILES string of the molecule is CCOc1cc(C(=O)CCl)ccc1C. The highest BCUT2D eigenvalue weighted by Crippen LogP contribution is 2.19. The lowest BCUT2D eigenvalue weighted by molar-refractivity contribution is 0.102. The van der Waals surface area contributed by atoms with E-state index in [0.29, 0.717) is 12.2 Å². The van der Waals surface area contributed by atoms with Gasteiger partial charge >= 0.3 is 0 Å². The predicted molar refractivity (Wildman–Crippen MR) is 57.4 cm³/mol. The molecular weight excluding hydrogens is 200 g/mol. The Kier molecular flexibility index (Phi) is 3.96. The zero-order chi connectivity index (χ0) is 10.6. The molecule has 1 rings (SSSR count). The van der Waals surface area contributed by atoms with Crippen molar-refractivity contribution in [1.29, 1.82) is 0 Å². The van der Waals surface area contributed by atoms with Crippen molar-refractivity contribution in [3.8, 4) is 5.75 Å². The van der Waals surface area contributed by atoms with Crippen molar-refractivity contribution in [2.45, 2.75) is 13.8 Å². The third kappa shape index (κ3) is 2.48. The summed E-state index contributed by atoms with van der Waals surface area (Å²) in [6.07, 6.45) is 0. The summed E-state index contributed by atoms with van der Waals surface area (Å²) in [4.78, 5) is 11.3. The van der Waals surface area contributed by atoms with Gasteiger partial charge in [0.1, 0.15) is 5.75 Å². The van der Waals surface area contributed by atoms with Crippen molar-refractivity contribution < 1.29 is 9.53 Å². The molecule has 0 saturated heterocycles. The molecule has 0 bridgehead atoms. The Morgan fingerprint density at radius 3 is 2.79 bits per heavy atom. The maximum atomic E-state index is 11.3. The van der Waals surface area contributed by atoms with Gasteiger partial charge in [-0.05, 0) is 25.5 Å². The van der Waals surface area contributed by atoms with E-state index in [0.717, 1.165) is 11.3 Å². The first-order valence-corrected chi connectivity index (χ1v) is 5.05. The zero-order valence-electron chi connectivity index (χ0n) is 8.34. The van der Waals surface area contributed by atoms with Crippen molar-refractivity contribution in [3.63, 3.8) is 0 Å². The molecule has 0 aromatic heterocycles. The third-order valence-electron chi connectivity index (χ3n) is 1.93. The molecule has 0 spiro atoms. The lowest BCUT2D eigenvalue weighted by Gasteiger charge is -2.07. The van der Waals surface area contributed by atoms with Crippen molar-refractivity contribution in [1.82, 2.24) is 0 Å². The largest absolute Gasteiger partial charge is 0.494 e. The number of benzene rings is 1. The molecule has 2 nitrogen and oxygen atoms in total. The van der Waals surface area contributed by atoms with Crippen LogP contribution < -0.4 is 4.74 Å². The fraction of sp³-hybridized carbons (Fsp3) is 0.364. The Hall–Kier alpha value is -1.02. The fourth-order valence-electron chi connectivity index (χ4n) is 1.16. The van der Waals surface area contributed by atoms with Crippen LogP contribution >= 0.6 is 11.6 Å². The van der Waals surface area contributed by atoms with Gasteiger partial charge in [0.25, 0.3) is 0 Å². The first-order valence-electron chi connectivity index (χ1n) is 4.51. The molecule has 0 fully saturated rings. The molecule has 0 amide bonds. The summed E-state index contributed by atoms with van der Waals surface area (Å²) in [5, 5.41) is 0. The van der Waals surface area contributed by atoms with Gasteiger partial charge in [-0.15, -0.1) is 11.6 Å². The van der Waals surface area contributed by atoms with Crippen molar-refractivity contribution in [3.05, 3.63) is 29.3 Å². The average molecular weight is 213 g/mol. The monoisotopic (exact) mass is 212 g/mol. The van der Waals surface area contributed by atoms with Crippen LogP contribution in [0.15, 0.2) is 18.2 Å². The van der Waals surface area contributed by atoms with E-state index in [-0.39, 0.29) is 11.7 Å². The molecule has 76 valence electrons. The molecular formula is C11H13ClO2. The molecule has 0 radical (unpaired) electrons. The zero-order valence-corrected chi connectivity index (χ0v) is 9.10. The number of Topliss-reactive ketones (excluding diaryl/α,β-unsaturated/α-hetero) is 1. The second-order valence-corrected chi connectivity index (χ2v) is 3.24. The van der Waals surface area contributed by atoms with Crippen LogP contribution in [0.25, 0.3) is 0 Å². The quantitative estimate of drug-likeness (QED) is 0.567. The normalized spacial score (nSPS) is 9.93. The van der Waals surface area contributed by atoms with Crippen LogP contribution in [0.1, 0.15) is 22.8 Å². The van der Waals surface area contributed by atoms with Crippen LogP contribution in [0.5, 0.6) is 5.75 Å². The molecule has 3 heteroatoms. The van der Waals surface area contributed by atoms with Gasteiger partial charge in [0.2, 0.25) is 0 Å². The van der Waals surface area contributed by atoms with Crippen LogP contribution in [0, 0.1) is 6.92 Å². The molecule has 0 unspecified atom stereocenters. The Morgan fingerprint density at radius 1 is 1.50 bits per heavy atom. The Bertz CT molecular complexity index is 334. The number of hydrogen-bond donors (Lipinski definition) is 0. The number of rotatable bonds is 4. The molecule has 0 saturated carbocycles. The summed E-state index contributed by atoms with van der Waals surface area (Å²) < 4.78 is 5.38. The van der Waals surface area contributed by atoms with E-state index in [1.54, 1.807) is 12.1 Å². The Labute approximate surface area is 88.8 Å². The van der Waals surface area contributed by atoms with Crippen LogP contribution in [0.4, 0.5) is 0 Å². The average Bonchev–Trinajstić information content (AvgIpc) is 2.20. The summed E-state index contributed by atoms with van der Waals surface area (Å²) in [7, 11) is 0. The number of ketones is 1. The second-order valence-electron chi connectivity index (χ2n) is 2.97. The number of aryl methyl sites for hydroxylation is 1. The molecule has 0 aliphatic carbocycles. The second kappa shape index (κ2) is 5.01. The number of carbonyl (C=O) groups is 1. The number of halogens is 1. The van der Waals surface area contributed by atoms with Gasteiger partial charge in [-0.3, -0.25) is 4.79 Å². The van der Waals surface area contributed by atoms with Gasteiger partial charge in [0, 0.05) is 5.56 Å². The van der Waals surface area contributed by atoms with Gasteiger partial charge in [-0.1, -0.05) is 12.1 Å². The lowest BCUT2D eigenvalue weighted by Crippen LogP contribution is -2.02. The molecule has 0 heterocycles. The van der Waals surface area contributed by atoms with Crippen molar-refractivity contribution >= 4 is 17.4 Å². The van der Waals surface area contributed by atoms with Crippen LogP contribution in [-0.4, -0.2) is 18.3 Å². The number of carbonyl (C=O) groups excluding carboxylic acids is 1. The minimum absolute atomic E-state index is 0.00856. The number of hydrogen-bond acceptors (Lipinski definition) is 2. The summed E-state index contributed by atoms with van der Waals surface area (Å²) in [5.74, 6) is 0.685. The van der Waals surface area contributed by atoms with E-state index in [2.05, 4.69) is 0 Å². The molecule has 0 N–H and O–H groups in total. The minimum atomic E-state index is -0.0763. The van der Waals surface area contributed by atoms with Crippen LogP contribution in [-0.2, 0) is 0 Å². The number of alkyl halides is 1. The molecule has 1 aromatic rings. The highest BCUT2D eigenvalue weighted by Gasteiger charge is 2.07. The fourth-order valence-corrected chi connectivity index (χ4v) is 1.32. The van der Waals surface area contributed by atoms with E-state index >= 15 is 0 Å². The molecule has 0 atom stereocenters. The number of ether oxygens (including phenoxy) is 1. The van der Waals surface area contributed by atoms with Gasteiger partial charge in [-0.2, -0.15) is 0 Å². The van der Waals surface area contributed by atoms with Crippen molar-refractivity contribution in [2.75, 3.05) is 12.5 Å². The van der Waals surface area contributed by atoms with Crippen LogP contribution in [0.2, 0.25) is 0 Å². The smallest absolute Gasteiger partial charge is 0.177 e. The first kappa shape index (κ1) is 11.1. The summed E-state index contributed by atoms with van der Waals surface area (Å²) in [5.41, 5.74) is 1.63. The Balaban J connectivity index is 2.99. The predicted octanol–water partition coefficient (Wildman–Crippen LogP) is 2.82.